The van der Waals surface area contributed by atoms with Gasteiger partial charge in [0.25, 0.3) is 0 Å². The van der Waals surface area contributed by atoms with Crippen LogP contribution in [0.4, 0.5) is 0 Å². The Labute approximate surface area is 111 Å². The molecule has 1 aromatic carbocycles. The van der Waals surface area contributed by atoms with E-state index in [1.807, 2.05) is 24.3 Å². The highest BCUT2D eigenvalue weighted by atomic mass is 16.5. The van der Waals surface area contributed by atoms with Crippen molar-refractivity contribution in [2.75, 3.05) is 6.54 Å². The molecule has 0 fully saturated rings. The van der Waals surface area contributed by atoms with Gasteiger partial charge in [0.1, 0.15) is 6.04 Å². The zero-order valence-corrected chi connectivity index (χ0v) is 10.8. The molecule has 0 spiro atoms. The third-order valence-corrected chi connectivity index (χ3v) is 2.99. The third-order valence-electron chi connectivity index (χ3n) is 2.99. The van der Waals surface area contributed by atoms with E-state index < -0.39 is 12.0 Å². The Morgan fingerprint density at radius 3 is 2.84 bits per heavy atom. The number of nitrogens with two attached hydrogens (primary N) is 2. The zero-order valence-electron chi connectivity index (χ0n) is 10.8. The fourth-order valence-electron chi connectivity index (χ4n) is 1.91. The van der Waals surface area contributed by atoms with Gasteiger partial charge in [-0.15, -0.1) is 0 Å². The van der Waals surface area contributed by atoms with Gasteiger partial charge in [0.05, 0.1) is 0 Å². The molecule has 0 aliphatic heterocycles. The fraction of sp³-hybridized carbons (Fsp3) is 0.357. The highest BCUT2D eigenvalue weighted by Crippen LogP contribution is 2.20. The first-order valence-electron chi connectivity index (χ1n) is 6.46. The van der Waals surface area contributed by atoms with Gasteiger partial charge in [-0.25, -0.2) is 4.79 Å². The lowest BCUT2D eigenvalue weighted by Gasteiger charge is -2.09. The van der Waals surface area contributed by atoms with E-state index in [2.05, 4.69) is 4.98 Å². The summed E-state index contributed by atoms with van der Waals surface area (Å²) in [5.41, 5.74) is 12.1. The summed E-state index contributed by atoms with van der Waals surface area (Å²) in [4.78, 5) is 14.8. The van der Waals surface area contributed by atoms with Gasteiger partial charge < -0.3 is 21.2 Å². The van der Waals surface area contributed by atoms with Crippen molar-refractivity contribution in [2.24, 2.45) is 11.5 Å². The Morgan fingerprint density at radius 1 is 1.32 bits per heavy atom. The molecular weight excluding hydrogens is 242 g/mol. The van der Waals surface area contributed by atoms with E-state index in [4.69, 9.17) is 16.2 Å². The van der Waals surface area contributed by atoms with Crippen molar-refractivity contribution >= 4 is 16.9 Å². The van der Waals surface area contributed by atoms with Crippen LogP contribution >= 0.6 is 0 Å². The molecule has 0 radical (unpaired) electrons. The van der Waals surface area contributed by atoms with Crippen LogP contribution in [-0.4, -0.2) is 23.5 Å². The molecule has 0 saturated heterocycles. The van der Waals surface area contributed by atoms with E-state index >= 15 is 0 Å². The molecule has 5 N–H and O–H groups in total. The van der Waals surface area contributed by atoms with Crippen molar-refractivity contribution in [3.8, 4) is 5.88 Å². The number of aromatic amines is 1. The molecule has 5 nitrogen and oxygen atoms in total. The number of hydrogen-bond donors (Lipinski definition) is 3. The summed E-state index contributed by atoms with van der Waals surface area (Å²) < 4.78 is 5.24. The van der Waals surface area contributed by atoms with Gasteiger partial charge in [-0.2, -0.15) is 0 Å². The minimum Gasteiger partial charge on any atom is -0.408 e. The maximum absolute atomic E-state index is 11.8. The van der Waals surface area contributed by atoms with E-state index in [1.54, 1.807) is 6.07 Å². The average molecular weight is 261 g/mol. The Bertz CT molecular complexity index is 517. The molecule has 102 valence electrons. The van der Waals surface area contributed by atoms with E-state index in [9.17, 15) is 4.79 Å². The number of ether oxygens (including phenoxy) is 1. The first-order chi connectivity index (χ1) is 9.20. The smallest absolute Gasteiger partial charge is 0.329 e. The number of benzene rings is 1. The Morgan fingerprint density at radius 2 is 2.11 bits per heavy atom. The molecule has 0 unspecified atom stereocenters. The second-order valence-corrected chi connectivity index (χ2v) is 4.53. The van der Waals surface area contributed by atoms with Gasteiger partial charge in [0.2, 0.25) is 5.88 Å². The van der Waals surface area contributed by atoms with Crippen LogP contribution < -0.4 is 16.2 Å². The molecule has 0 aliphatic carbocycles. The summed E-state index contributed by atoms with van der Waals surface area (Å²) >= 11 is 0. The zero-order chi connectivity index (χ0) is 13.7. The summed E-state index contributed by atoms with van der Waals surface area (Å²) in [6.45, 7) is 0.615. The topological polar surface area (TPSA) is 94.1 Å². The summed E-state index contributed by atoms with van der Waals surface area (Å²) in [6.07, 6.45) is 2.29. The number of fused-ring (bicyclic) bond motifs is 1. The second-order valence-electron chi connectivity index (χ2n) is 4.53. The van der Waals surface area contributed by atoms with Gasteiger partial charge in [-0.1, -0.05) is 24.6 Å². The summed E-state index contributed by atoms with van der Waals surface area (Å²) in [7, 11) is 0. The Balaban J connectivity index is 1.94. The molecule has 2 rings (SSSR count). The molecule has 19 heavy (non-hydrogen) atoms. The van der Waals surface area contributed by atoms with Crippen LogP contribution in [0.1, 0.15) is 19.3 Å². The monoisotopic (exact) mass is 261 g/mol. The standard InChI is InChI=1S/C14H19N3O2/c15-8-4-3-6-11(16)14(18)19-13-9-10-5-1-2-7-12(10)17-13/h1-2,5,7,9,11,17H,3-4,6,8,15-16H2/t11-/m0/s1. The molecule has 1 aromatic heterocycles. The second kappa shape index (κ2) is 6.36. The van der Waals surface area contributed by atoms with Crippen LogP contribution in [0.2, 0.25) is 0 Å². The lowest BCUT2D eigenvalue weighted by atomic mass is 10.1. The predicted molar refractivity (Wildman–Crippen MR) is 74.8 cm³/mol. The number of para-hydroxylation sites is 1. The lowest BCUT2D eigenvalue weighted by Crippen LogP contribution is -2.34. The summed E-state index contributed by atoms with van der Waals surface area (Å²) in [5.74, 6) is 0.0176. The first kappa shape index (κ1) is 13.6. The van der Waals surface area contributed by atoms with E-state index in [1.165, 1.54) is 0 Å². The highest BCUT2D eigenvalue weighted by Gasteiger charge is 2.16. The van der Waals surface area contributed by atoms with Crippen molar-refractivity contribution in [1.82, 2.24) is 4.98 Å². The molecule has 1 heterocycles. The maximum Gasteiger partial charge on any atom is 0.329 e. The average Bonchev–Trinajstić information content (AvgIpc) is 2.80. The third kappa shape index (κ3) is 3.56. The van der Waals surface area contributed by atoms with Crippen LogP contribution in [0.5, 0.6) is 5.88 Å². The van der Waals surface area contributed by atoms with Crippen molar-refractivity contribution < 1.29 is 9.53 Å². The molecule has 2 aromatic rings. The SMILES string of the molecule is NCCCC[C@H](N)C(=O)Oc1cc2ccccc2[nH]1. The number of hydrogen-bond acceptors (Lipinski definition) is 4. The number of carbonyl (C=O) groups excluding carboxylic acids is 1. The molecule has 0 bridgehead atoms. The van der Waals surface area contributed by atoms with Gasteiger partial charge in [0.15, 0.2) is 0 Å². The molecular formula is C14H19N3O2. The predicted octanol–water partition coefficient (Wildman–Crippen LogP) is 1.53. The normalized spacial score (nSPS) is 12.5. The van der Waals surface area contributed by atoms with Crippen molar-refractivity contribution in [3.05, 3.63) is 30.3 Å². The number of rotatable bonds is 6. The van der Waals surface area contributed by atoms with E-state index in [0.29, 0.717) is 18.8 Å². The lowest BCUT2D eigenvalue weighted by molar-refractivity contribution is -0.136. The highest BCUT2D eigenvalue weighted by molar-refractivity contribution is 5.83. The van der Waals surface area contributed by atoms with E-state index in [0.717, 1.165) is 23.7 Å². The number of aromatic nitrogens is 1. The van der Waals surface area contributed by atoms with Crippen LogP contribution in [0.15, 0.2) is 30.3 Å². The van der Waals surface area contributed by atoms with E-state index in [-0.39, 0.29) is 0 Å². The molecule has 5 heteroatoms. The van der Waals surface area contributed by atoms with Crippen molar-refractivity contribution in [2.45, 2.75) is 25.3 Å². The number of esters is 1. The largest absolute Gasteiger partial charge is 0.408 e. The van der Waals surface area contributed by atoms with Crippen LogP contribution in [0.3, 0.4) is 0 Å². The van der Waals surface area contributed by atoms with Crippen LogP contribution in [0.25, 0.3) is 10.9 Å². The Hall–Kier alpha value is -1.85. The van der Waals surface area contributed by atoms with Gasteiger partial charge in [-0.05, 0) is 25.5 Å². The van der Waals surface area contributed by atoms with Gasteiger partial charge in [-0.3, -0.25) is 0 Å². The molecule has 0 amide bonds. The molecule has 1 atom stereocenters. The van der Waals surface area contributed by atoms with Crippen LogP contribution in [-0.2, 0) is 4.79 Å². The maximum atomic E-state index is 11.8. The quantitative estimate of drug-likeness (QED) is 0.543. The summed E-state index contributed by atoms with van der Waals surface area (Å²) in [6, 6.07) is 8.92. The molecule has 0 aliphatic rings. The fourth-order valence-corrected chi connectivity index (χ4v) is 1.91. The minimum atomic E-state index is -0.599. The minimum absolute atomic E-state index is 0.413. The number of nitrogens with one attached hydrogen (secondary N) is 1. The van der Waals surface area contributed by atoms with Crippen molar-refractivity contribution in [1.29, 1.82) is 0 Å². The van der Waals surface area contributed by atoms with Gasteiger partial charge in [0, 0.05) is 17.0 Å². The van der Waals surface area contributed by atoms with Gasteiger partial charge >= 0.3 is 5.97 Å². The van der Waals surface area contributed by atoms with Crippen molar-refractivity contribution in [3.63, 3.8) is 0 Å². The number of H-pyrrole nitrogens is 1. The summed E-state index contributed by atoms with van der Waals surface area (Å²) in [5, 5.41) is 1.00. The Kier molecular flexibility index (Phi) is 4.54. The van der Waals surface area contributed by atoms with Crippen LogP contribution in [0, 0.1) is 0 Å². The number of carbonyl (C=O) groups is 1. The molecule has 0 saturated carbocycles. The first-order valence-corrected chi connectivity index (χ1v) is 6.46. The number of unbranched alkanes of at least 4 members (excludes halogenated alkanes) is 1.